The molecule has 0 radical (unpaired) electrons. The molecular weight excluding hydrogens is 256 g/mol. The van der Waals surface area contributed by atoms with Crippen molar-refractivity contribution in [1.82, 2.24) is 4.98 Å². The number of phenols is 1. The Bertz CT molecular complexity index is 749. The van der Waals surface area contributed by atoms with Crippen molar-refractivity contribution in [2.45, 2.75) is 13.3 Å². The van der Waals surface area contributed by atoms with Crippen molar-refractivity contribution in [3.8, 4) is 5.75 Å². The maximum Gasteiger partial charge on any atom is 0.180 e. The summed E-state index contributed by atoms with van der Waals surface area (Å²) in [6.07, 6.45) is 0.793. The van der Waals surface area contributed by atoms with Gasteiger partial charge in [0.2, 0.25) is 0 Å². The zero-order valence-corrected chi connectivity index (χ0v) is 11.4. The first-order valence-electron chi connectivity index (χ1n) is 6.06. The van der Waals surface area contributed by atoms with Crippen LogP contribution in [-0.4, -0.2) is 10.1 Å². The molecule has 3 nitrogen and oxygen atoms in total. The van der Waals surface area contributed by atoms with Gasteiger partial charge >= 0.3 is 0 Å². The summed E-state index contributed by atoms with van der Waals surface area (Å²) in [6.45, 7) is 1.98. The predicted octanol–water partition coefficient (Wildman–Crippen LogP) is 3.48. The Hall–Kier alpha value is -2.07. The van der Waals surface area contributed by atoms with Crippen molar-refractivity contribution in [1.29, 1.82) is 0 Å². The summed E-state index contributed by atoms with van der Waals surface area (Å²) in [4.78, 5) is 5.43. The van der Waals surface area contributed by atoms with Crippen LogP contribution >= 0.6 is 11.3 Å². The highest BCUT2D eigenvalue weighted by Crippen LogP contribution is 2.30. The Balaban J connectivity index is 2.11. The summed E-state index contributed by atoms with van der Waals surface area (Å²) in [6, 6.07) is 11.6. The number of rotatable bonds is 2. The maximum atomic E-state index is 9.89. The number of benzene rings is 2. The molecule has 0 amide bonds. The molecule has 0 aliphatic carbocycles. The lowest BCUT2D eigenvalue weighted by atomic mass is 10.0. The molecule has 0 spiro atoms. The lowest BCUT2D eigenvalue weighted by molar-refractivity contribution is 0.481. The Labute approximate surface area is 115 Å². The van der Waals surface area contributed by atoms with Crippen molar-refractivity contribution < 1.29 is 5.11 Å². The minimum Gasteiger partial charge on any atom is -0.507 e. The van der Waals surface area contributed by atoms with Crippen LogP contribution in [0, 0.1) is 6.92 Å². The number of phenolic OH excluding ortho intramolecular Hbond substituents is 1. The van der Waals surface area contributed by atoms with E-state index in [1.807, 2.05) is 31.2 Å². The molecule has 0 bridgehead atoms. The number of fused-ring (bicyclic) bond motifs is 1. The van der Waals surface area contributed by atoms with Gasteiger partial charge in [-0.05, 0) is 23.9 Å². The van der Waals surface area contributed by atoms with Crippen LogP contribution in [0.1, 0.15) is 16.1 Å². The first kappa shape index (κ1) is 12.0. The number of nitrogens with zero attached hydrogens (tertiary/aromatic N) is 1. The normalized spacial score (nSPS) is 11.0. The van der Waals surface area contributed by atoms with E-state index in [1.54, 1.807) is 6.07 Å². The molecule has 0 saturated carbocycles. The van der Waals surface area contributed by atoms with Gasteiger partial charge in [-0.1, -0.05) is 30.3 Å². The van der Waals surface area contributed by atoms with Crippen LogP contribution < -0.4 is 5.73 Å². The highest BCUT2D eigenvalue weighted by atomic mass is 32.1. The first-order valence-corrected chi connectivity index (χ1v) is 6.88. The highest BCUT2D eigenvalue weighted by Gasteiger charge is 2.09. The van der Waals surface area contributed by atoms with Gasteiger partial charge in [0.05, 0.1) is 5.69 Å². The molecule has 0 fully saturated rings. The molecule has 2 aromatic carbocycles. The van der Waals surface area contributed by atoms with Crippen molar-refractivity contribution in [2.75, 3.05) is 5.73 Å². The summed E-state index contributed by atoms with van der Waals surface area (Å²) in [5, 5.41) is 12.5. The minimum atomic E-state index is 0.319. The largest absolute Gasteiger partial charge is 0.507 e. The first-order chi connectivity index (χ1) is 9.15. The number of anilines is 1. The Morgan fingerprint density at radius 3 is 2.63 bits per heavy atom. The van der Waals surface area contributed by atoms with Gasteiger partial charge in [0.1, 0.15) is 5.75 Å². The molecule has 19 heavy (non-hydrogen) atoms. The van der Waals surface area contributed by atoms with Gasteiger partial charge in [-0.25, -0.2) is 4.98 Å². The maximum absolute atomic E-state index is 9.89. The van der Waals surface area contributed by atoms with E-state index >= 15 is 0 Å². The van der Waals surface area contributed by atoms with Crippen LogP contribution in [0.25, 0.3) is 10.8 Å². The molecule has 0 unspecified atom stereocenters. The van der Waals surface area contributed by atoms with E-state index in [9.17, 15) is 5.11 Å². The molecule has 0 aliphatic heterocycles. The van der Waals surface area contributed by atoms with Crippen LogP contribution in [0.5, 0.6) is 5.75 Å². The molecule has 3 N–H and O–H groups in total. The zero-order chi connectivity index (χ0) is 13.4. The molecule has 0 aliphatic rings. The van der Waals surface area contributed by atoms with E-state index in [0.717, 1.165) is 22.9 Å². The van der Waals surface area contributed by atoms with E-state index in [1.165, 1.54) is 21.8 Å². The standard InChI is InChI=1S/C15H14N2OS/c1-9-14(19-15(16)17-9)8-10-4-2-6-12-11(10)5-3-7-13(12)18/h2-7,18H,8H2,1H3,(H2,16,17). The topological polar surface area (TPSA) is 59.1 Å². The number of thiazole rings is 1. The van der Waals surface area contributed by atoms with E-state index in [0.29, 0.717) is 10.9 Å². The molecular formula is C15H14N2OS. The van der Waals surface area contributed by atoms with Crippen molar-refractivity contribution in [3.05, 3.63) is 52.5 Å². The van der Waals surface area contributed by atoms with Crippen LogP contribution in [0.3, 0.4) is 0 Å². The quantitative estimate of drug-likeness (QED) is 0.749. The molecule has 3 aromatic rings. The molecule has 96 valence electrons. The van der Waals surface area contributed by atoms with Crippen LogP contribution in [0.15, 0.2) is 36.4 Å². The van der Waals surface area contributed by atoms with Gasteiger partial charge < -0.3 is 10.8 Å². The predicted molar refractivity (Wildman–Crippen MR) is 79.7 cm³/mol. The second kappa shape index (κ2) is 4.55. The van der Waals surface area contributed by atoms with Crippen LogP contribution in [-0.2, 0) is 6.42 Å². The monoisotopic (exact) mass is 270 g/mol. The summed E-state index contributed by atoms with van der Waals surface area (Å²) in [7, 11) is 0. The van der Waals surface area contributed by atoms with Crippen molar-refractivity contribution >= 4 is 27.2 Å². The summed E-state index contributed by atoms with van der Waals surface area (Å²) in [5.74, 6) is 0.319. The molecule has 0 atom stereocenters. The van der Waals surface area contributed by atoms with E-state index in [-0.39, 0.29) is 0 Å². The lowest BCUT2D eigenvalue weighted by Gasteiger charge is -2.07. The third-order valence-corrected chi connectivity index (χ3v) is 4.24. The van der Waals surface area contributed by atoms with Crippen LogP contribution in [0.2, 0.25) is 0 Å². The molecule has 1 aromatic heterocycles. The number of aromatic hydroxyl groups is 1. The highest BCUT2D eigenvalue weighted by molar-refractivity contribution is 7.15. The Morgan fingerprint density at radius 2 is 1.89 bits per heavy atom. The summed E-state index contributed by atoms with van der Waals surface area (Å²) in [5.41, 5.74) is 7.90. The second-order valence-corrected chi connectivity index (χ2v) is 5.64. The Morgan fingerprint density at radius 1 is 1.16 bits per heavy atom. The fourth-order valence-corrected chi connectivity index (χ4v) is 3.16. The molecule has 0 saturated heterocycles. The average Bonchev–Trinajstić information content (AvgIpc) is 2.69. The third kappa shape index (κ3) is 2.15. The number of aromatic nitrogens is 1. The van der Waals surface area contributed by atoms with Gasteiger partial charge in [0.25, 0.3) is 0 Å². The number of hydrogen-bond acceptors (Lipinski definition) is 4. The number of nitrogen functional groups attached to an aromatic ring is 1. The van der Waals surface area contributed by atoms with Crippen LogP contribution in [0.4, 0.5) is 5.13 Å². The van der Waals surface area contributed by atoms with Crippen molar-refractivity contribution in [2.24, 2.45) is 0 Å². The van der Waals surface area contributed by atoms with Gasteiger partial charge in [-0.15, -0.1) is 11.3 Å². The van der Waals surface area contributed by atoms with E-state index < -0.39 is 0 Å². The minimum absolute atomic E-state index is 0.319. The smallest absolute Gasteiger partial charge is 0.180 e. The number of hydrogen-bond donors (Lipinski definition) is 2. The molecule has 4 heteroatoms. The van der Waals surface area contributed by atoms with Gasteiger partial charge in [0.15, 0.2) is 5.13 Å². The Kier molecular flexibility index (Phi) is 2.87. The van der Waals surface area contributed by atoms with Gasteiger partial charge in [-0.2, -0.15) is 0 Å². The zero-order valence-electron chi connectivity index (χ0n) is 10.6. The van der Waals surface area contributed by atoms with E-state index in [4.69, 9.17) is 5.73 Å². The summed E-state index contributed by atoms with van der Waals surface area (Å²) >= 11 is 1.53. The van der Waals surface area contributed by atoms with Gasteiger partial charge in [-0.3, -0.25) is 0 Å². The lowest BCUT2D eigenvalue weighted by Crippen LogP contribution is -1.90. The fourth-order valence-electron chi connectivity index (χ4n) is 2.30. The fraction of sp³-hybridized carbons (Fsp3) is 0.133. The average molecular weight is 270 g/mol. The third-order valence-electron chi connectivity index (χ3n) is 3.25. The summed E-state index contributed by atoms with van der Waals surface area (Å²) < 4.78 is 0. The molecule has 3 rings (SSSR count). The number of nitrogens with two attached hydrogens (primary N) is 1. The molecule has 1 heterocycles. The second-order valence-electron chi connectivity index (χ2n) is 4.53. The van der Waals surface area contributed by atoms with Gasteiger partial charge in [0, 0.05) is 16.7 Å². The van der Waals surface area contributed by atoms with E-state index in [2.05, 4.69) is 11.1 Å². The number of aryl methyl sites for hydroxylation is 1. The van der Waals surface area contributed by atoms with Crippen molar-refractivity contribution in [3.63, 3.8) is 0 Å². The SMILES string of the molecule is Cc1nc(N)sc1Cc1cccc2c(O)cccc12.